The van der Waals surface area contributed by atoms with E-state index in [1.54, 1.807) is 20.8 Å². The largest absolute Gasteiger partial charge is 0.480 e. The van der Waals surface area contributed by atoms with Crippen molar-refractivity contribution in [2.75, 3.05) is 6.61 Å². The molecule has 2 atom stereocenters. The van der Waals surface area contributed by atoms with Crippen molar-refractivity contribution < 1.29 is 29.0 Å². The summed E-state index contributed by atoms with van der Waals surface area (Å²) in [6, 6.07) is 24.2. The van der Waals surface area contributed by atoms with Crippen molar-refractivity contribution in [3.05, 3.63) is 95.6 Å². The highest BCUT2D eigenvalue weighted by Crippen LogP contribution is 2.44. The second kappa shape index (κ2) is 12.1. The van der Waals surface area contributed by atoms with Crippen molar-refractivity contribution in [1.82, 2.24) is 10.6 Å². The Bertz CT molecular complexity index is 1280. The third-order valence-electron chi connectivity index (χ3n) is 6.79. The number of carboxylic acid groups (broad SMARTS) is 1. The van der Waals surface area contributed by atoms with Gasteiger partial charge >= 0.3 is 12.1 Å². The highest BCUT2D eigenvalue weighted by Gasteiger charge is 2.32. The molecule has 1 aliphatic rings. The van der Waals surface area contributed by atoms with Crippen LogP contribution in [0.25, 0.3) is 11.1 Å². The number of carbonyl (C=O) groups excluding carboxylic acids is 2. The lowest BCUT2D eigenvalue weighted by Crippen LogP contribution is -2.52. The van der Waals surface area contributed by atoms with Gasteiger partial charge in [0, 0.05) is 17.9 Å². The Kier molecular flexibility index (Phi) is 8.66. The Balaban J connectivity index is 1.29. The van der Waals surface area contributed by atoms with Gasteiger partial charge < -0.3 is 25.2 Å². The van der Waals surface area contributed by atoms with Gasteiger partial charge in [-0.2, -0.15) is 0 Å². The molecule has 3 aromatic rings. The minimum atomic E-state index is -1.24. The number of amides is 2. The number of carbonyl (C=O) groups is 3. The summed E-state index contributed by atoms with van der Waals surface area (Å²) >= 11 is 0. The van der Waals surface area contributed by atoms with Crippen LogP contribution >= 0.6 is 0 Å². The number of aliphatic carboxylic acids is 1. The third-order valence-corrected chi connectivity index (χ3v) is 6.79. The van der Waals surface area contributed by atoms with E-state index in [9.17, 15) is 19.5 Å². The summed E-state index contributed by atoms with van der Waals surface area (Å²) < 4.78 is 11.3. The van der Waals surface area contributed by atoms with Gasteiger partial charge in [-0.25, -0.2) is 9.59 Å². The predicted octanol–water partition coefficient (Wildman–Crippen LogP) is 4.87. The summed E-state index contributed by atoms with van der Waals surface area (Å²) in [5, 5.41) is 14.9. The van der Waals surface area contributed by atoms with Crippen molar-refractivity contribution in [2.24, 2.45) is 0 Å². The van der Waals surface area contributed by atoms with Gasteiger partial charge in [0.15, 0.2) is 6.04 Å². The number of fused-ring (bicyclic) bond motifs is 3. The van der Waals surface area contributed by atoms with Gasteiger partial charge in [0.2, 0.25) is 5.91 Å². The number of rotatable bonds is 11. The van der Waals surface area contributed by atoms with Crippen molar-refractivity contribution in [1.29, 1.82) is 0 Å². The second-order valence-electron chi connectivity index (χ2n) is 10.4. The highest BCUT2D eigenvalue weighted by molar-refractivity contribution is 5.85. The molecule has 0 spiro atoms. The molecular weight excluding hydrogens is 496 g/mol. The lowest BCUT2D eigenvalue weighted by molar-refractivity contribution is -0.146. The SMILES string of the molecule is CC(OCc1ccccc1)C(NC(=O)CC(C)(C)NC(=O)OCC1c2ccccc2-c2ccccc21)C(=O)O. The molecular formula is C31H34N2O6. The lowest BCUT2D eigenvalue weighted by Gasteiger charge is -2.28. The first kappa shape index (κ1) is 27.9. The maximum Gasteiger partial charge on any atom is 0.407 e. The zero-order valence-corrected chi connectivity index (χ0v) is 22.3. The molecule has 0 heterocycles. The van der Waals surface area contributed by atoms with Gasteiger partial charge in [-0.1, -0.05) is 78.9 Å². The molecule has 0 bridgehead atoms. The van der Waals surface area contributed by atoms with E-state index in [1.807, 2.05) is 66.7 Å². The molecule has 1 aliphatic carbocycles. The quantitative estimate of drug-likeness (QED) is 0.326. The van der Waals surface area contributed by atoms with E-state index in [4.69, 9.17) is 9.47 Å². The number of hydrogen-bond donors (Lipinski definition) is 3. The van der Waals surface area contributed by atoms with E-state index >= 15 is 0 Å². The second-order valence-corrected chi connectivity index (χ2v) is 10.4. The Hall–Kier alpha value is -4.17. The first-order chi connectivity index (χ1) is 18.6. The lowest BCUT2D eigenvalue weighted by atomic mass is 9.98. The highest BCUT2D eigenvalue weighted by atomic mass is 16.5. The normalized spacial score (nSPS) is 14.0. The summed E-state index contributed by atoms with van der Waals surface area (Å²) in [6.07, 6.45) is -1.57. The summed E-state index contributed by atoms with van der Waals surface area (Å²) in [6.45, 7) is 5.33. The van der Waals surface area contributed by atoms with Gasteiger partial charge in [0.1, 0.15) is 6.61 Å². The Labute approximate surface area is 228 Å². The van der Waals surface area contributed by atoms with E-state index in [0.717, 1.165) is 27.8 Å². The average Bonchev–Trinajstić information content (AvgIpc) is 3.22. The number of hydrogen-bond acceptors (Lipinski definition) is 5. The van der Waals surface area contributed by atoms with Crippen LogP contribution in [0.1, 0.15) is 49.8 Å². The Morgan fingerprint density at radius 3 is 2.05 bits per heavy atom. The summed E-state index contributed by atoms with van der Waals surface area (Å²) in [7, 11) is 0. The maximum absolute atomic E-state index is 12.8. The molecule has 3 N–H and O–H groups in total. The Morgan fingerprint density at radius 1 is 0.897 bits per heavy atom. The molecule has 0 aliphatic heterocycles. The summed E-state index contributed by atoms with van der Waals surface area (Å²) in [5.74, 6) is -1.81. The fourth-order valence-corrected chi connectivity index (χ4v) is 4.86. The van der Waals surface area contributed by atoms with Crippen LogP contribution in [0.4, 0.5) is 4.79 Å². The summed E-state index contributed by atoms with van der Waals surface area (Å²) in [4.78, 5) is 37.3. The van der Waals surface area contributed by atoms with Gasteiger partial charge in [-0.05, 0) is 48.6 Å². The zero-order chi connectivity index (χ0) is 28.0. The van der Waals surface area contributed by atoms with E-state index in [1.165, 1.54) is 0 Å². The standard InChI is InChI=1S/C31H34N2O6/c1-20(38-18-21-11-5-4-6-12-21)28(29(35)36)32-27(34)17-31(2,3)33-30(37)39-19-26-24-15-9-7-13-22(24)23-14-8-10-16-25(23)26/h4-16,20,26,28H,17-19H2,1-3H3,(H,32,34)(H,33,37)(H,35,36). The minimum absolute atomic E-state index is 0.0803. The number of alkyl carbamates (subject to hydrolysis) is 1. The molecule has 0 saturated carbocycles. The number of carboxylic acids is 1. The van der Waals surface area contributed by atoms with Crippen LogP contribution in [0.15, 0.2) is 78.9 Å². The molecule has 39 heavy (non-hydrogen) atoms. The van der Waals surface area contributed by atoms with E-state index in [-0.39, 0.29) is 25.6 Å². The van der Waals surface area contributed by atoms with Crippen LogP contribution in [0.5, 0.6) is 0 Å². The molecule has 0 fully saturated rings. The van der Waals surface area contributed by atoms with Crippen LogP contribution in [0.3, 0.4) is 0 Å². The van der Waals surface area contributed by atoms with Gasteiger partial charge in [-0.3, -0.25) is 4.79 Å². The fourth-order valence-electron chi connectivity index (χ4n) is 4.86. The smallest absolute Gasteiger partial charge is 0.407 e. The number of benzene rings is 3. The topological polar surface area (TPSA) is 114 Å². The third kappa shape index (κ3) is 7.03. The van der Waals surface area contributed by atoms with Crippen LogP contribution in [-0.2, 0) is 25.7 Å². The summed E-state index contributed by atoms with van der Waals surface area (Å²) in [5.41, 5.74) is 4.39. The molecule has 4 rings (SSSR count). The molecule has 0 aromatic heterocycles. The molecule has 204 valence electrons. The van der Waals surface area contributed by atoms with Crippen molar-refractivity contribution in [3.8, 4) is 11.1 Å². The van der Waals surface area contributed by atoms with Gasteiger partial charge in [-0.15, -0.1) is 0 Å². The van der Waals surface area contributed by atoms with Crippen LogP contribution < -0.4 is 10.6 Å². The first-order valence-corrected chi connectivity index (χ1v) is 13.0. The first-order valence-electron chi connectivity index (χ1n) is 13.0. The molecule has 2 unspecified atom stereocenters. The fraction of sp³-hybridized carbons (Fsp3) is 0.323. The molecule has 2 amide bonds. The Morgan fingerprint density at radius 2 is 1.46 bits per heavy atom. The van der Waals surface area contributed by atoms with E-state index in [0.29, 0.717) is 0 Å². The van der Waals surface area contributed by atoms with Crippen LogP contribution in [0.2, 0.25) is 0 Å². The van der Waals surface area contributed by atoms with Crippen molar-refractivity contribution >= 4 is 18.0 Å². The minimum Gasteiger partial charge on any atom is -0.480 e. The van der Waals surface area contributed by atoms with Crippen LogP contribution in [-0.4, -0.2) is 47.4 Å². The van der Waals surface area contributed by atoms with Crippen molar-refractivity contribution in [2.45, 2.75) is 57.4 Å². The molecule has 3 aromatic carbocycles. The number of nitrogens with one attached hydrogen (secondary N) is 2. The monoisotopic (exact) mass is 530 g/mol. The maximum atomic E-state index is 12.8. The number of ether oxygens (including phenoxy) is 2. The van der Waals surface area contributed by atoms with Gasteiger partial charge in [0.05, 0.1) is 12.7 Å². The van der Waals surface area contributed by atoms with Crippen LogP contribution in [0, 0.1) is 0 Å². The molecule has 0 radical (unpaired) electrons. The van der Waals surface area contributed by atoms with E-state index < -0.39 is 35.7 Å². The molecule has 0 saturated heterocycles. The molecule has 8 heteroatoms. The predicted molar refractivity (Wildman–Crippen MR) is 147 cm³/mol. The zero-order valence-electron chi connectivity index (χ0n) is 22.3. The van der Waals surface area contributed by atoms with E-state index in [2.05, 4.69) is 22.8 Å². The average molecular weight is 531 g/mol. The molecule has 8 nitrogen and oxygen atoms in total. The van der Waals surface area contributed by atoms with Crippen molar-refractivity contribution in [3.63, 3.8) is 0 Å². The van der Waals surface area contributed by atoms with Gasteiger partial charge in [0.25, 0.3) is 0 Å².